The number of aliphatic hydroxyl groups is 2. The lowest BCUT2D eigenvalue weighted by molar-refractivity contribution is -0.168. The second kappa shape index (κ2) is 12.7. The molecule has 0 aromatic heterocycles. The van der Waals surface area contributed by atoms with E-state index in [-0.39, 0.29) is 37.8 Å². The molecule has 12 nitrogen and oxygen atoms in total. The standard InChI is InChI=1S/C35H40N2O10/c1-20(44-27(40)13-16-36-32(41)30(45-21(2)39)22-8-5-4-6-9-22)33(42)46-25-12-15-35(43)26-18-23-10-11-24(19-38)29-28(23)34(35,31(25)47-29)14-7-17-37(26)3/h4-6,8-12,20,26,30-31,38,43H,7,13-19H2,1-3H3,(H,36,41)/t20-,26+,30-,31-,34-,35+/m0/s1. The van der Waals surface area contributed by atoms with Crippen LogP contribution in [0.15, 0.2) is 54.3 Å². The second-order valence-corrected chi connectivity index (χ2v) is 12.7. The fraction of sp³-hybridized carbons (Fsp3) is 0.486. The van der Waals surface area contributed by atoms with Crippen LogP contribution in [0.5, 0.6) is 5.75 Å². The Hall–Kier alpha value is -4.26. The quantitative estimate of drug-likeness (QED) is 0.256. The van der Waals surface area contributed by atoms with Crippen molar-refractivity contribution < 1.29 is 48.3 Å². The van der Waals surface area contributed by atoms with Crippen molar-refractivity contribution in [3.8, 4) is 5.75 Å². The van der Waals surface area contributed by atoms with Crippen molar-refractivity contribution in [2.75, 3.05) is 20.1 Å². The van der Waals surface area contributed by atoms with Gasteiger partial charge in [-0.15, -0.1) is 0 Å². The van der Waals surface area contributed by atoms with Crippen molar-refractivity contribution in [1.82, 2.24) is 10.2 Å². The first-order chi connectivity index (χ1) is 22.5. The predicted octanol–water partition coefficient (Wildman–Crippen LogP) is 2.13. The van der Waals surface area contributed by atoms with Gasteiger partial charge in [0.1, 0.15) is 11.5 Å². The molecule has 1 spiro atoms. The van der Waals surface area contributed by atoms with Gasteiger partial charge in [-0.1, -0.05) is 42.5 Å². The molecule has 250 valence electrons. The molecule has 2 aliphatic carbocycles. The van der Waals surface area contributed by atoms with Gasteiger partial charge in [0.15, 0.2) is 12.2 Å². The van der Waals surface area contributed by atoms with Crippen LogP contribution in [0.1, 0.15) is 67.9 Å². The summed E-state index contributed by atoms with van der Waals surface area (Å²) in [6.07, 6.45) is 0.431. The van der Waals surface area contributed by atoms with Crippen molar-refractivity contribution in [3.05, 3.63) is 76.6 Å². The first kappa shape index (κ1) is 32.7. The molecule has 0 radical (unpaired) electrons. The number of benzene rings is 2. The summed E-state index contributed by atoms with van der Waals surface area (Å²) < 4.78 is 22.9. The average Bonchev–Trinajstić information content (AvgIpc) is 3.39. The number of nitrogens with zero attached hydrogens (tertiary/aromatic N) is 1. The number of esters is 3. The summed E-state index contributed by atoms with van der Waals surface area (Å²) in [4.78, 5) is 52.4. The molecule has 1 saturated heterocycles. The van der Waals surface area contributed by atoms with Crippen molar-refractivity contribution in [2.45, 2.75) is 87.9 Å². The number of nitrogens with one attached hydrogen (secondary N) is 1. The van der Waals surface area contributed by atoms with Crippen molar-refractivity contribution in [1.29, 1.82) is 0 Å². The second-order valence-electron chi connectivity index (χ2n) is 12.7. The lowest BCUT2D eigenvalue weighted by atomic mass is 9.52. The molecule has 2 heterocycles. The van der Waals surface area contributed by atoms with Crippen LogP contribution in [-0.2, 0) is 51.8 Å². The summed E-state index contributed by atoms with van der Waals surface area (Å²) in [5, 5.41) is 25.2. The third-order valence-electron chi connectivity index (χ3n) is 9.96. The van der Waals surface area contributed by atoms with E-state index in [0.717, 1.165) is 24.1 Å². The highest BCUT2D eigenvalue weighted by atomic mass is 16.6. The van der Waals surface area contributed by atoms with Gasteiger partial charge in [-0.2, -0.15) is 0 Å². The Balaban J connectivity index is 1.12. The fourth-order valence-corrected chi connectivity index (χ4v) is 7.84. The number of carbonyl (C=O) groups excluding carboxylic acids is 4. The zero-order valence-electron chi connectivity index (χ0n) is 26.7. The van der Waals surface area contributed by atoms with E-state index >= 15 is 0 Å². The van der Waals surface area contributed by atoms with E-state index in [1.165, 1.54) is 13.8 Å². The lowest BCUT2D eigenvalue weighted by Crippen LogP contribution is -2.69. The topological polar surface area (TPSA) is 161 Å². The third-order valence-corrected chi connectivity index (χ3v) is 9.96. The van der Waals surface area contributed by atoms with Gasteiger partial charge in [0.25, 0.3) is 5.91 Å². The summed E-state index contributed by atoms with van der Waals surface area (Å²) in [6.45, 7) is 3.03. The molecule has 6 atom stereocenters. The summed E-state index contributed by atoms with van der Waals surface area (Å²) in [7, 11) is 2.02. The molecule has 0 saturated carbocycles. The number of likely N-dealkylation sites (N-methyl/N-ethyl adjacent to an activating group) is 1. The van der Waals surface area contributed by atoms with Crippen LogP contribution >= 0.6 is 0 Å². The maximum Gasteiger partial charge on any atom is 0.352 e. The van der Waals surface area contributed by atoms with Crippen molar-refractivity contribution >= 4 is 23.8 Å². The number of rotatable bonds is 10. The number of likely N-dealkylation sites (tertiary alicyclic amines) is 1. The summed E-state index contributed by atoms with van der Waals surface area (Å²) in [6, 6.07) is 12.1. The van der Waals surface area contributed by atoms with E-state index < -0.39 is 53.1 Å². The largest absolute Gasteiger partial charge is 0.481 e. The van der Waals surface area contributed by atoms with Crippen LogP contribution in [0.2, 0.25) is 0 Å². The van der Waals surface area contributed by atoms with Gasteiger partial charge in [0.2, 0.25) is 6.10 Å². The van der Waals surface area contributed by atoms with Gasteiger partial charge >= 0.3 is 17.9 Å². The van der Waals surface area contributed by atoms with E-state index in [1.54, 1.807) is 36.4 Å². The molecular weight excluding hydrogens is 608 g/mol. The highest BCUT2D eigenvalue weighted by molar-refractivity contribution is 5.85. The van der Waals surface area contributed by atoms with E-state index in [0.29, 0.717) is 29.7 Å². The molecular formula is C35H40N2O10. The molecule has 47 heavy (non-hydrogen) atoms. The molecule has 4 aliphatic rings. The van der Waals surface area contributed by atoms with Crippen LogP contribution in [0.25, 0.3) is 0 Å². The zero-order valence-corrected chi connectivity index (χ0v) is 26.7. The summed E-state index contributed by atoms with van der Waals surface area (Å²) in [5.41, 5.74) is 0.939. The van der Waals surface area contributed by atoms with Gasteiger partial charge in [0.05, 0.1) is 24.0 Å². The fourth-order valence-electron chi connectivity index (χ4n) is 7.84. The molecule has 1 amide bonds. The highest BCUT2D eigenvalue weighted by Crippen LogP contribution is 2.64. The molecule has 2 bridgehead atoms. The van der Waals surface area contributed by atoms with Gasteiger partial charge in [-0.3, -0.25) is 14.4 Å². The smallest absolute Gasteiger partial charge is 0.352 e. The number of hydrogen-bond acceptors (Lipinski definition) is 11. The SMILES string of the molecule is CC(=O)O[C@H](C(=O)NCCC(=O)O[C@@H](C)C(=O)OC1=CC[C@@]2(O)[C@H]3Cc4ccc(CO)c5c4[C@@]2(CCCN3C)[C@H]1O5)c1ccccc1. The summed E-state index contributed by atoms with van der Waals surface area (Å²) in [5.74, 6) is -2.01. The van der Waals surface area contributed by atoms with Crippen LogP contribution < -0.4 is 10.1 Å². The van der Waals surface area contributed by atoms with Crippen LogP contribution in [0.3, 0.4) is 0 Å². The maximum atomic E-state index is 13.3. The lowest BCUT2D eigenvalue weighted by Gasteiger charge is -2.56. The first-order valence-electron chi connectivity index (χ1n) is 16.0. The molecule has 3 N–H and O–H groups in total. The molecule has 0 unspecified atom stereocenters. The Morgan fingerprint density at radius 1 is 1.13 bits per heavy atom. The highest BCUT2D eigenvalue weighted by Gasteiger charge is 2.70. The Morgan fingerprint density at radius 3 is 2.62 bits per heavy atom. The van der Waals surface area contributed by atoms with Crippen LogP contribution in [-0.4, -0.2) is 82.9 Å². The molecule has 2 aliphatic heterocycles. The Bertz CT molecular complexity index is 1610. The Kier molecular flexibility index (Phi) is 8.86. The third kappa shape index (κ3) is 5.57. The minimum atomic E-state index is -1.28. The van der Waals surface area contributed by atoms with Gasteiger partial charge in [0, 0.05) is 42.6 Å². The Labute approximate surface area is 272 Å². The normalized spacial score (nSPS) is 26.8. The zero-order chi connectivity index (χ0) is 33.5. The van der Waals surface area contributed by atoms with E-state index in [4.69, 9.17) is 18.9 Å². The molecule has 6 rings (SSSR count). The number of amides is 1. The number of aliphatic hydroxyl groups excluding tert-OH is 1. The Morgan fingerprint density at radius 2 is 1.89 bits per heavy atom. The van der Waals surface area contributed by atoms with Gasteiger partial charge < -0.3 is 39.4 Å². The van der Waals surface area contributed by atoms with Crippen molar-refractivity contribution in [2.24, 2.45) is 0 Å². The van der Waals surface area contributed by atoms with Crippen LogP contribution in [0, 0.1) is 0 Å². The maximum absolute atomic E-state index is 13.3. The van der Waals surface area contributed by atoms with Gasteiger partial charge in [-0.05, 0) is 51.4 Å². The van der Waals surface area contributed by atoms with E-state index in [9.17, 15) is 29.4 Å². The number of carbonyl (C=O) groups is 4. The minimum absolute atomic E-state index is 0.115. The van der Waals surface area contributed by atoms with Crippen molar-refractivity contribution in [3.63, 3.8) is 0 Å². The van der Waals surface area contributed by atoms with E-state index in [1.807, 2.05) is 19.2 Å². The van der Waals surface area contributed by atoms with E-state index in [2.05, 4.69) is 10.2 Å². The molecule has 2 aromatic carbocycles. The molecule has 1 fully saturated rings. The number of hydrogen-bond donors (Lipinski definition) is 3. The molecule has 2 aromatic rings. The monoisotopic (exact) mass is 648 g/mol. The molecule has 12 heteroatoms. The summed E-state index contributed by atoms with van der Waals surface area (Å²) >= 11 is 0. The first-order valence-corrected chi connectivity index (χ1v) is 16.0. The minimum Gasteiger partial charge on any atom is -0.481 e. The van der Waals surface area contributed by atoms with Gasteiger partial charge in [-0.25, -0.2) is 4.79 Å². The predicted molar refractivity (Wildman–Crippen MR) is 166 cm³/mol. The average molecular weight is 649 g/mol. The van der Waals surface area contributed by atoms with Crippen LogP contribution in [0.4, 0.5) is 0 Å². The number of ether oxygens (including phenoxy) is 4.